The van der Waals surface area contributed by atoms with Crippen molar-refractivity contribution in [2.24, 2.45) is 0 Å². The normalized spacial score (nSPS) is 12.6. The Morgan fingerprint density at radius 1 is 1.19 bits per heavy atom. The summed E-state index contributed by atoms with van der Waals surface area (Å²) >= 11 is 0. The number of carboxylic acids is 1. The Kier molecular flexibility index (Phi) is 10.3. The fraction of sp³-hybridized carbons (Fsp3) is 0.900. The molecule has 1 unspecified atom stereocenters. The summed E-state index contributed by atoms with van der Waals surface area (Å²) in [5.74, 6) is -0.858. The molecule has 6 nitrogen and oxygen atoms in total. The topological polar surface area (TPSA) is 77.0 Å². The molecule has 6 heteroatoms. The molecule has 0 spiro atoms. The van der Waals surface area contributed by atoms with Crippen molar-refractivity contribution in [3.63, 3.8) is 0 Å². The molecule has 16 heavy (non-hydrogen) atoms. The fourth-order valence-electron chi connectivity index (χ4n) is 0.899. The van der Waals surface area contributed by atoms with E-state index in [4.69, 9.17) is 19.3 Å². The Morgan fingerprint density at radius 2 is 1.75 bits per heavy atom. The van der Waals surface area contributed by atoms with Gasteiger partial charge < -0.3 is 24.6 Å². The third-order valence-corrected chi connectivity index (χ3v) is 1.87. The molecule has 1 atom stereocenters. The lowest BCUT2D eigenvalue weighted by Crippen LogP contribution is -2.36. The Hall–Kier alpha value is -0.690. The van der Waals surface area contributed by atoms with Gasteiger partial charge in [0.25, 0.3) is 0 Å². The zero-order valence-corrected chi connectivity index (χ0v) is 9.90. The molecule has 0 radical (unpaired) electrons. The monoisotopic (exact) mass is 235 g/mol. The smallest absolute Gasteiger partial charge is 0.320 e. The molecule has 0 aromatic heterocycles. The van der Waals surface area contributed by atoms with Crippen molar-refractivity contribution >= 4 is 5.97 Å². The van der Waals surface area contributed by atoms with Gasteiger partial charge in [0.2, 0.25) is 0 Å². The molecule has 0 amide bonds. The average molecular weight is 235 g/mol. The first kappa shape index (κ1) is 15.3. The predicted octanol–water partition coefficient (Wildman–Crippen LogP) is -0.271. The van der Waals surface area contributed by atoms with Crippen LogP contribution in [0.3, 0.4) is 0 Å². The van der Waals surface area contributed by atoms with Gasteiger partial charge in [-0.25, -0.2) is 0 Å². The van der Waals surface area contributed by atoms with Crippen molar-refractivity contribution in [3.8, 4) is 0 Å². The van der Waals surface area contributed by atoms with Crippen LogP contribution in [-0.2, 0) is 19.0 Å². The van der Waals surface area contributed by atoms with E-state index in [1.165, 1.54) is 0 Å². The van der Waals surface area contributed by atoms with Crippen molar-refractivity contribution in [2.75, 3.05) is 46.7 Å². The second-order valence-electron chi connectivity index (χ2n) is 3.23. The van der Waals surface area contributed by atoms with E-state index in [0.29, 0.717) is 39.6 Å². The number of methoxy groups -OCH3 is 1. The molecule has 2 N–H and O–H groups in total. The highest BCUT2D eigenvalue weighted by Gasteiger charge is 2.07. The molecule has 0 saturated carbocycles. The number of rotatable bonds is 11. The summed E-state index contributed by atoms with van der Waals surface area (Å²) in [6.07, 6.45) is 0. The van der Waals surface area contributed by atoms with Gasteiger partial charge in [0.15, 0.2) is 0 Å². The quantitative estimate of drug-likeness (QED) is 0.480. The Balaban J connectivity index is 3.07. The predicted molar refractivity (Wildman–Crippen MR) is 58.6 cm³/mol. The minimum absolute atomic E-state index is 0.477. The molecule has 0 rings (SSSR count). The van der Waals surface area contributed by atoms with Crippen LogP contribution in [0.15, 0.2) is 0 Å². The van der Waals surface area contributed by atoms with Crippen LogP contribution in [0.5, 0.6) is 0 Å². The molecule has 0 aromatic carbocycles. The van der Waals surface area contributed by atoms with E-state index in [9.17, 15) is 4.79 Å². The summed E-state index contributed by atoms with van der Waals surface area (Å²) in [6.45, 7) is 4.77. The van der Waals surface area contributed by atoms with Gasteiger partial charge in [-0.15, -0.1) is 0 Å². The average Bonchev–Trinajstić information content (AvgIpc) is 2.26. The molecule has 0 heterocycles. The van der Waals surface area contributed by atoms with E-state index >= 15 is 0 Å². The Bertz CT molecular complexity index is 177. The second kappa shape index (κ2) is 10.8. The van der Waals surface area contributed by atoms with Crippen LogP contribution in [0.4, 0.5) is 0 Å². The summed E-state index contributed by atoms with van der Waals surface area (Å²) in [7, 11) is 1.62. The van der Waals surface area contributed by atoms with Crippen LogP contribution < -0.4 is 5.32 Å². The SMILES string of the molecule is COCCOCCOCCNC(C)C(=O)O. The van der Waals surface area contributed by atoms with Crippen LogP contribution in [0.1, 0.15) is 6.92 Å². The van der Waals surface area contributed by atoms with Crippen LogP contribution in [0, 0.1) is 0 Å². The van der Waals surface area contributed by atoms with Crippen LogP contribution in [0.2, 0.25) is 0 Å². The van der Waals surface area contributed by atoms with E-state index < -0.39 is 12.0 Å². The number of carbonyl (C=O) groups is 1. The molecule has 0 aliphatic rings. The molecule has 0 aliphatic heterocycles. The number of carboxylic acid groups (broad SMARTS) is 1. The zero-order chi connectivity index (χ0) is 12.2. The maximum atomic E-state index is 10.4. The molecule has 0 aromatic rings. The van der Waals surface area contributed by atoms with Gasteiger partial charge in [0.05, 0.1) is 33.0 Å². The molecule has 0 bridgehead atoms. The number of ether oxygens (including phenoxy) is 3. The molecule has 0 saturated heterocycles. The number of hydrogen-bond acceptors (Lipinski definition) is 5. The largest absolute Gasteiger partial charge is 0.480 e. The van der Waals surface area contributed by atoms with Gasteiger partial charge in [0, 0.05) is 13.7 Å². The zero-order valence-electron chi connectivity index (χ0n) is 9.90. The Labute approximate surface area is 95.9 Å². The third kappa shape index (κ3) is 9.85. The lowest BCUT2D eigenvalue weighted by atomic mass is 10.3. The van der Waals surface area contributed by atoms with Gasteiger partial charge in [-0.2, -0.15) is 0 Å². The minimum atomic E-state index is -0.858. The summed E-state index contributed by atoms with van der Waals surface area (Å²) in [5.41, 5.74) is 0. The number of aliphatic carboxylic acids is 1. The minimum Gasteiger partial charge on any atom is -0.480 e. The number of hydrogen-bond donors (Lipinski definition) is 2. The molecular weight excluding hydrogens is 214 g/mol. The third-order valence-electron chi connectivity index (χ3n) is 1.87. The van der Waals surface area contributed by atoms with E-state index in [-0.39, 0.29) is 0 Å². The van der Waals surface area contributed by atoms with Crippen molar-refractivity contribution in [2.45, 2.75) is 13.0 Å². The van der Waals surface area contributed by atoms with E-state index in [2.05, 4.69) is 5.32 Å². The fourth-order valence-corrected chi connectivity index (χ4v) is 0.899. The lowest BCUT2D eigenvalue weighted by molar-refractivity contribution is -0.139. The second-order valence-corrected chi connectivity index (χ2v) is 3.23. The standard InChI is InChI=1S/C10H21NO5/c1-9(10(12)13)11-3-4-15-7-8-16-6-5-14-2/h9,11H,3-8H2,1-2H3,(H,12,13). The molecule has 0 fully saturated rings. The van der Waals surface area contributed by atoms with Crippen molar-refractivity contribution in [3.05, 3.63) is 0 Å². The van der Waals surface area contributed by atoms with Crippen molar-refractivity contribution in [1.82, 2.24) is 5.32 Å². The van der Waals surface area contributed by atoms with Gasteiger partial charge >= 0.3 is 5.97 Å². The first-order valence-electron chi connectivity index (χ1n) is 5.29. The summed E-state index contributed by atoms with van der Waals surface area (Å²) in [5, 5.41) is 11.4. The maximum Gasteiger partial charge on any atom is 0.320 e. The number of nitrogens with one attached hydrogen (secondary N) is 1. The summed E-state index contributed by atoms with van der Waals surface area (Å²) in [6, 6.07) is -0.540. The first-order valence-corrected chi connectivity index (χ1v) is 5.29. The first-order chi connectivity index (χ1) is 7.68. The molecule has 96 valence electrons. The van der Waals surface area contributed by atoms with Gasteiger partial charge in [-0.1, -0.05) is 0 Å². The summed E-state index contributed by atoms with van der Waals surface area (Å²) in [4.78, 5) is 10.4. The van der Waals surface area contributed by atoms with E-state index in [1.54, 1.807) is 14.0 Å². The Morgan fingerprint density at radius 3 is 2.31 bits per heavy atom. The lowest BCUT2D eigenvalue weighted by Gasteiger charge is -2.09. The highest BCUT2D eigenvalue weighted by atomic mass is 16.5. The maximum absolute atomic E-state index is 10.4. The van der Waals surface area contributed by atoms with Crippen LogP contribution >= 0.6 is 0 Å². The highest BCUT2D eigenvalue weighted by Crippen LogP contribution is 1.82. The van der Waals surface area contributed by atoms with Crippen LogP contribution in [-0.4, -0.2) is 63.8 Å². The van der Waals surface area contributed by atoms with Crippen LogP contribution in [0.25, 0.3) is 0 Å². The van der Waals surface area contributed by atoms with Crippen molar-refractivity contribution in [1.29, 1.82) is 0 Å². The van der Waals surface area contributed by atoms with E-state index in [0.717, 1.165) is 0 Å². The van der Waals surface area contributed by atoms with Gasteiger partial charge in [-0.05, 0) is 6.92 Å². The van der Waals surface area contributed by atoms with Gasteiger partial charge in [0.1, 0.15) is 6.04 Å². The van der Waals surface area contributed by atoms with Gasteiger partial charge in [-0.3, -0.25) is 4.79 Å². The highest BCUT2D eigenvalue weighted by molar-refractivity contribution is 5.72. The van der Waals surface area contributed by atoms with E-state index in [1.807, 2.05) is 0 Å². The molecular formula is C10H21NO5. The summed E-state index contributed by atoms with van der Waals surface area (Å²) < 4.78 is 15.2. The molecule has 0 aliphatic carbocycles. The van der Waals surface area contributed by atoms with Crippen molar-refractivity contribution < 1.29 is 24.1 Å².